The molecule has 1 aromatic carbocycles. The number of benzene rings is 1. The van der Waals surface area contributed by atoms with Crippen LogP contribution in [-0.4, -0.2) is 93.2 Å². The first-order valence-corrected chi connectivity index (χ1v) is 13.3. The van der Waals surface area contributed by atoms with E-state index in [1.54, 1.807) is 6.92 Å². The average Bonchev–Trinajstić information content (AvgIpc) is 3.33. The van der Waals surface area contributed by atoms with E-state index in [1.165, 1.54) is 5.56 Å². The molecule has 9 nitrogen and oxygen atoms in total. The lowest BCUT2D eigenvalue weighted by Gasteiger charge is -2.39. The molecule has 1 amide bonds. The number of carbonyl (C=O) groups is 1. The number of likely N-dealkylation sites (tertiary alicyclic amines) is 1. The van der Waals surface area contributed by atoms with Gasteiger partial charge in [0.15, 0.2) is 5.82 Å². The largest absolute Gasteiger partial charge is 0.492 e. The monoisotopic (exact) mass is 533 g/mol. The molecule has 3 aliphatic heterocycles. The second-order valence-electron chi connectivity index (χ2n) is 10.3. The summed E-state index contributed by atoms with van der Waals surface area (Å²) in [6, 6.07) is 8.46. The van der Waals surface area contributed by atoms with E-state index in [-0.39, 0.29) is 17.8 Å². The fourth-order valence-corrected chi connectivity index (χ4v) is 5.66. The molecule has 0 spiro atoms. The molecule has 0 saturated carbocycles. The zero-order valence-corrected chi connectivity index (χ0v) is 21.8. The summed E-state index contributed by atoms with van der Waals surface area (Å²) in [5.74, 6) is 1.22. The maximum Gasteiger partial charge on any atom is 0.453 e. The Kier molecular flexibility index (Phi) is 7.60. The van der Waals surface area contributed by atoms with Crippen molar-refractivity contribution in [2.24, 2.45) is 5.10 Å². The summed E-state index contributed by atoms with van der Waals surface area (Å²) in [7, 11) is 0. The predicted molar refractivity (Wildman–Crippen MR) is 135 cm³/mol. The van der Waals surface area contributed by atoms with E-state index in [4.69, 9.17) is 4.74 Å². The number of piperidine rings is 1. The van der Waals surface area contributed by atoms with Crippen molar-refractivity contribution < 1.29 is 22.7 Å². The SMILES string of the molecule is CC(=O)N1CCN(CCOc2ccc(C3CCN(C4=Nn5c(nnc5C(F)(F)F)CC4)CC3)cc2)C[C@@H]1C. The number of halogens is 3. The second-order valence-corrected chi connectivity index (χ2v) is 10.3. The predicted octanol–water partition coefficient (Wildman–Crippen LogP) is 3.22. The van der Waals surface area contributed by atoms with Gasteiger partial charge in [-0.25, -0.2) is 0 Å². The molecule has 12 heteroatoms. The Hall–Kier alpha value is -3.15. The molecule has 2 aromatic rings. The van der Waals surface area contributed by atoms with E-state index >= 15 is 0 Å². The van der Waals surface area contributed by atoms with Crippen molar-refractivity contribution in [2.45, 2.75) is 57.7 Å². The van der Waals surface area contributed by atoms with Crippen LogP contribution in [0.5, 0.6) is 5.75 Å². The van der Waals surface area contributed by atoms with Gasteiger partial charge >= 0.3 is 6.18 Å². The van der Waals surface area contributed by atoms with Gasteiger partial charge in [0.05, 0.1) is 0 Å². The first-order valence-electron chi connectivity index (χ1n) is 13.3. The number of alkyl halides is 3. The van der Waals surface area contributed by atoms with Gasteiger partial charge in [0, 0.05) is 65.1 Å². The Morgan fingerprint density at radius 1 is 1.05 bits per heavy atom. The number of hydrogen-bond acceptors (Lipinski definition) is 7. The molecule has 2 saturated heterocycles. The number of fused-ring (bicyclic) bond motifs is 1. The highest BCUT2D eigenvalue weighted by atomic mass is 19.4. The zero-order valence-electron chi connectivity index (χ0n) is 21.8. The number of carbonyl (C=O) groups excluding carboxylic acids is 1. The molecule has 0 aliphatic carbocycles. The van der Waals surface area contributed by atoms with Crippen LogP contribution in [0.4, 0.5) is 13.2 Å². The number of aromatic nitrogens is 3. The summed E-state index contributed by atoms with van der Waals surface area (Å²) in [6.07, 6.45) is -1.80. The number of rotatable bonds is 5. The number of amides is 1. The van der Waals surface area contributed by atoms with E-state index in [0.717, 1.165) is 62.5 Å². The van der Waals surface area contributed by atoms with Crippen LogP contribution >= 0.6 is 0 Å². The fraction of sp³-hybridized carbons (Fsp3) is 0.615. The number of piperazine rings is 1. The Morgan fingerprint density at radius 2 is 1.79 bits per heavy atom. The third-order valence-corrected chi connectivity index (χ3v) is 7.75. The smallest absolute Gasteiger partial charge is 0.453 e. The van der Waals surface area contributed by atoms with Gasteiger partial charge in [-0.15, -0.1) is 10.2 Å². The van der Waals surface area contributed by atoms with Crippen molar-refractivity contribution in [2.75, 3.05) is 45.9 Å². The van der Waals surface area contributed by atoms with Crippen LogP contribution in [0.3, 0.4) is 0 Å². The maximum absolute atomic E-state index is 13.2. The summed E-state index contributed by atoms with van der Waals surface area (Å²) in [6.45, 7) is 9.09. The lowest BCUT2D eigenvalue weighted by atomic mass is 9.89. The summed E-state index contributed by atoms with van der Waals surface area (Å²) >= 11 is 0. The van der Waals surface area contributed by atoms with E-state index in [1.807, 2.05) is 17.0 Å². The molecule has 38 heavy (non-hydrogen) atoms. The quantitative estimate of drug-likeness (QED) is 0.588. The third kappa shape index (κ3) is 5.79. The molecule has 5 rings (SSSR count). The van der Waals surface area contributed by atoms with Gasteiger partial charge in [-0.05, 0) is 43.4 Å². The van der Waals surface area contributed by atoms with Gasteiger partial charge in [0.1, 0.15) is 18.2 Å². The lowest BCUT2D eigenvalue weighted by molar-refractivity contribution is -0.147. The van der Waals surface area contributed by atoms with Crippen molar-refractivity contribution in [1.29, 1.82) is 0 Å². The lowest BCUT2D eigenvalue weighted by Crippen LogP contribution is -2.54. The van der Waals surface area contributed by atoms with Crippen LogP contribution in [0.25, 0.3) is 0 Å². The summed E-state index contributed by atoms with van der Waals surface area (Å²) < 4.78 is 46.5. The second kappa shape index (κ2) is 10.9. The van der Waals surface area contributed by atoms with Gasteiger partial charge in [0.25, 0.3) is 5.82 Å². The van der Waals surface area contributed by atoms with E-state index < -0.39 is 12.0 Å². The Bertz CT molecular complexity index is 1160. The molecule has 1 aromatic heterocycles. The normalized spacial score (nSPS) is 21.3. The highest BCUT2D eigenvalue weighted by Gasteiger charge is 2.40. The molecule has 0 N–H and O–H groups in total. The number of amidine groups is 1. The van der Waals surface area contributed by atoms with Gasteiger partial charge in [0.2, 0.25) is 5.91 Å². The maximum atomic E-state index is 13.2. The number of aryl methyl sites for hydroxylation is 1. The van der Waals surface area contributed by atoms with Crippen molar-refractivity contribution in [1.82, 2.24) is 29.6 Å². The average molecular weight is 534 g/mol. The van der Waals surface area contributed by atoms with Crippen LogP contribution in [0, 0.1) is 0 Å². The summed E-state index contributed by atoms with van der Waals surface area (Å²) in [5.41, 5.74) is 1.25. The van der Waals surface area contributed by atoms with Gasteiger partial charge in [-0.1, -0.05) is 12.1 Å². The van der Waals surface area contributed by atoms with E-state index in [9.17, 15) is 18.0 Å². The first kappa shape index (κ1) is 26.5. The Morgan fingerprint density at radius 3 is 2.45 bits per heavy atom. The Balaban J connectivity index is 1.09. The molecule has 206 valence electrons. The fourth-order valence-electron chi connectivity index (χ4n) is 5.66. The summed E-state index contributed by atoms with van der Waals surface area (Å²) in [5, 5.41) is 11.2. The first-order chi connectivity index (χ1) is 18.2. The molecular formula is C26H34F3N7O2. The van der Waals surface area contributed by atoms with Crippen molar-refractivity contribution >= 4 is 11.7 Å². The number of nitrogens with zero attached hydrogens (tertiary/aromatic N) is 7. The van der Waals surface area contributed by atoms with Crippen LogP contribution in [0.1, 0.15) is 56.2 Å². The minimum atomic E-state index is -4.58. The minimum absolute atomic E-state index is 0.132. The molecule has 0 radical (unpaired) electrons. The number of ether oxygens (including phenoxy) is 1. The number of hydrogen-bond donors (Lipinski definition) is 0. The Labute approximate surface area is 220 Å². The molecule has 4 heterocycles. The molecule has 1 atom stereocenters. The van der Waals surface area contributed by atoms with Gasteiger partial charge in [-0.3, -0.25) is 9.69 Å². The van der Waals surface area contributed by atoms with Crippen molar-refractivity contribution in [3.05, 3.63) is 41.5 Å². The molecule has 2 fully saturated rings. The minimum Gasteiger partial charge on any atom is -0.492 e. The highest BCUT2D eigenvalue weighted by Crippen LogP contribution is 2.32. The topological polar surface area (TPSA) is 79.1 Å². The molecule has 0 bridgehead atoms. The third-order valence-electron chi connectivity index (χ3n) is 7.75. The molecular weight excluding hydrogens is 499 g/mol. The van der Waals surface area contributed by atoms with Crippen LogP contribution < -0.4 is 4.74 Å². The highest BCUT2D eigenvalue weighted by molar-refractivity contribution is 5.83. The van der Waals surface area contributed by atoms with Crippen LogP contribution in [0.2, 0.25) is 0 Å². The van der Waals surface area contributed by atoms with Crippen LogP contribution in [-0.2, 0) is 17.4 Å². The van der Waals surface area contributed by atoms with Crippen LogP contribution in [0.15, 0.2) is 29.4 Å². The summed E-state index contributed by atoms with van der Waals surface area (Å²) in [4.78, 5) is 18.0. The van der Waals surface area contributed by atoms with Crippen molar-refractivity contribution in [3.8, 4) is 5.75 Å². The molecule has 0 unspecified atom stereocenters. The van der Waals surface area contributed by atoms with E-state index in [0.29, 0.717) is 31.2 Å². The standard InChI is InChI=1S/C26H34F3N7O2/c1-18-17-33(13-14-35(18)19(2)37)15-16-38-22-5-3-20(4-6-22)21-9-11-34(12-10-21)24-8-7-23-30-31-25(26(27,28)29)36(23)32-24/h3-6,18,21H,7-17H2,1-2H3/t18-/m0/s1. The van der Waals surface area contributed by atoms with Gasteiger partial charge < -0.3 is 14.5 Å². The van der Waals surface area contributed by atoms with Crippen molar-refractivity contribution in [3.63, 3.8) is 0 Å². The molecule has 3 aliphatic rings. The van der Waals surface area contributed by atoms with Gasteiger partial charge in [-0.2, -0.15) is 22.9 Å². The zero-order chi connectivity index (χ0) is 26.9. The van der Waals surface area contributed by atoms with E-state index in [2.05, 4.69) is 44.2 Å².